The van der Waals surface area contributed by atoms with Crippen molar-refractivity contribution in [1.82, 2.24) is 13.9 Å². The highest BCUT2D eigenvalue weighted by atomic mass is 32.2. The van der Waals surface area contributed by atoms with Gasteiger partial charge < -0.3 is 10.1 Å². The fourth-order valence-corrected chi connectivity index (χ4v) is 6.58. The molecule has 0 aliphatic carbocycles. The van der Waals surface area contributed by atoms with Gasteiger partial charge in [-0.3, -0.25) is 4.79 Å². The zero-order valence-corrected chi connectivity index (χ0v) is 23.7. The molecule has 2 heterocycles. The summed E-state index contributed by atoms with van der Waals surface area (Å²) in [6, 6.07) is 15.2. The summed E-state index contributed by atoms with van der Waals surface area (Å²) in [5.41, 5.74) is -0.452. The highest BCUT2D eigenvalue weighted by Gasteiger charge is 2.30. The van der Waals surface area contributed by atoms with Crippen LogP contribution in [0.15, 0.2) is 58.3 Å². The van der Waals surface area contributed by atoms with Crippen LogP contribution in [0.2, 0.25) is 0 Å². The van der Waals surface area contributed by atoms with Gasteiger partial charge in [-0.2, -0.15) is 0 Å². The first-order chi connectivity index (χ1) is 17.9. The molecule has 0 unspecified atom stereocenters. The Morgan fingerprint density at radius 2 is 1.49 bits per heavy atom. The fourth-order valence-electron chi connectivity index (χ4n) is 4.64. The van der Waals surface area contributed by atoms with E-state index in [1.807, 2.05) is 37.7 Å². The second-order valence-electron chi connectivity index (χ2n) is 10.6. The number of rotatable bonds is 11. The Kier molecular flexibility index (Phi) is 10.6. The molecule has 2 saturated heterocycles. The van der Waals surface area contributed by atoms with Crippen molar-refractivity contribution in [3.63, 3.8) is 0 Å². The van der Waals surface area contributed by atoms with Crippen molar-refractivity contribution >= 4 is 29.8 Å². The van der Waals surface area contributed by atoms with Crippen LogP contribution >= 0.6 is 23.9 Å². The number of halogens is 1. The van der Waals surface area contributed by atoms with Gasteiger partial charge >= 0.3 is 0 Å². The highest BCUT2D eigenvalue weighted by Crippen LogP contribution is 2.31. The van der Waals surface area contributed by atoms with Crippen LogP contribution in [0.1, 0.15) is 58.8 Å². The van der Waals surface area contributed by atoms with Gasteiger partial charge in [0.1, 0.15) is 11.6 Å². The van der Waals surface area contributed by atoms with Crippen LogP contribution in [-0.4, -0.2) is 53.3 Å². The largest absolute Gasteiger partial charge is 0.494 e. The lowest BCUT2D eigenvalue weighted by Gasteiger charge is -2.33. The first-order valence-corrected chi connectivity index (χ1v) is 15.1. The van der Waals surface area contributed by atoms with Gasteiger partial charge in [0.05, 0.1) is 6.61 Å². The van der Waals surface area contributed by atoms with Crippen LogP contribution in [0.5, 0.6) is 5.75 Å². The molecule has 2 aliphatic heterocycles. The molecule has 0 bridgehead atoms. The number of amides is 1. The monoisotopic (exact) mass is 545 g/mol. The van der Waals surface area contributed by atoms with Crippen molar-refractivity contribution in [3.05, 3.63) is 54.3 Å². The smallest absolute Gasteiger partial charge is 0.225 e. The van der Waals surface area contributed by atoms with Gasteiger partial charge in [-0.05, 0) is 111 Å². The molecule has 1 N–H and O–H groups in total. The van der Waals surface area contributed by atoms with E-state index >= 15 is 0 Å². The molecular formula is C29H40FN3O2S2. The summed E-state index contributed by atoms with van der Waals surface area (Å²) < 4.78 is 23.6. The van der Waals surface area contributed by atoms with E-state index in [4.69, 9.17) is 4.74 Å². The quantitative estimate of drug-likeness (QED) is 0.248. The van der Waals surface area contributed by atoms with Gasteiger partial charge in [0, 0.05) is 47.4 Å². The first-order valence-electron chi connectivity index (χ1n) is 13.5. The molecule has 5 nitrogen and oxygen atoms in total. The number of ether oxygens (including phenoxy) is 1. The Morgan fingerprint density at radius 1 is 0.919 bits per heavy atom. The minimum Gasteiger partial charge on any atom is -0.494 e. The molecule has 8 heteroatoms. The molecule has 37 heavy (non-hydrogen) atoms. The van der Waals surface area contributed by atoms with Gasteiger partial charge in [-0.15, -0.1) is 0 Å². The van der Waals surface area contributed by atoms with Crippen LogP contribution in [0.4, 0.5) is 4.39 Å². The third-order valence-corrected chi connectivity index (χ3v) is 9.25. The van der Waals surface area contributed by atoms with E-state index < -0.39 is 5.41 Å². The van der Waals surface area contributed by atoms with Gasteiger partial charge in [0.25, 0.3) is 0 Å². The number of piperidine rings is 2. The highest BCUT2D eigenvalue weighted by molar-refractivity contribution is 7.97. The van der Waals surface area contributed by atoms with Crippen molar-refractivity contribution in [3.8, 4) is 5.75 Å². The molecule has 2 aromatic carbocycles. The number of benzene rings is 2. The normalized spacial score (nSPS) is 18.0. The summed E-state index contributed by atoms with van der Waals surface area (Å²) in [7, 11) is 0. The number of nitrogens with one attached hydrogen (secondary N) is 1. The van der Waals surface area contributed by atoms with E-state index in [0.717, 1.165) is 38.8 Å². The van der Waals surface area contributed by atoms with Gasteiger partial charge in [-0.25, -0.2) is 13.0 Å². The predicted molar refractivity (Wildman–Crippen MR) is 151 cm³/mol. The molecule has 4 rings (SSSR count). The molecule has 2 aromatic rings. The van der Waals surface area contributed by atoms with Crippen molar-refractivity contribution in [2.75, 3.05) is 32.8 Å². The SMILES string of the molecule is CC(C)(CCCOc1ccc(F)cc1)C(=O)NC1CCN(Sc2ccc(SN3CCCCC3)cc2)CC1. The van der Waals surface area contributed by atoms with E-state index in [-0.39, 0.29) is 17.8 Å². The molecule has 2 fully saturated rings. The van der Waals surface area contributed by atoms with Crippen LogP contribution in [-0.2, 0) is 4.79 Å². The summed E-state index contributed by atoms with van der Waals surface area (Å²) in [6.07, 6.45) is 7.41. The molecular weight excluding hydrogens is 505 g/mol. The van der Waals surface area contributed by atoms with Crippen LogP contribution in [0.3, 0.4) is 0 Å². The van der Waals surface area contributed by atoms with Crippen molar-refractivity contribution in [1.29, 1.82) is 0 Å². The van der Waals surface area contributed by atoms with E-state index in [1.54, 1.807) is 12.1 Å². The Balaban J connectivity index is 1.13. The van der Waals surface area contributed by atoms with Crippen LogP contribution in [0, 0.1) is 11.2 Å². The van der Waals surface area contributed by atoms with E-state index in [9.17, 15) is 9.18 Å². The first kappa shape index (κ1) is 28.3. The number of hydrogen-bond acceptors (Lipinski definition) is 6. The third-order valence-electron chi connectivity index (χ3n) is 7.04. The topological polar surface area (TPSA) is 44.8 Å². The molecule has 0 aromatic heterocycles. The Bertz CT molecular complexity index is 974. The van der Waals surface area contributed by atoms with Gasteiger partial charge in [0.15, 0.2) is 0 Å². The summed E-state index contributed by atoms with van der Waals surface area (Å²) in [5, 5.41) is 3.29. The maximum Gasteiger partial charge on any atom is 0.225 e. The zero-order chi connectivity index (χ0) is 26.1. The maximum atomic E-state index is 13.0. The maximum absolute atomic E-state index is 13.0. The molecule has 202 valence electrons. The molecule has 0 saturated carbocycles. The number of hydrogen-bond donors (Lipinski definition) is 1. The van der Waals surface area contributed by atoms with E-state index in [2.05, 4.69) is 38.2 Å². The second-order valence-corrected chi connectivity index (χ2v) is 13.0. The summed E-state index contributed by atoms with van der Waals surface area (Å²) >= 11 is 3.70. The lowest BCUT2D eigenvalue weighted by atomic mass is 9.86. The summed E-state index contributed by atoms with van der Waals surface area (Å²) in [6.45, 7) is 8.82. The number of carbonyl (C=O) groups is 1. The fraction of sp³-hybridized carbons (Fsp3) is 0.552. The minimum atomic E-state index is -0.452. The lowest BCUT2D eigenvalue weighted by Crippen LogP contribution is -2.47. The number of carbonyl (C=O) groups excluding carboxylic acids is 1. The molecule has 1 amide bonds. The lowest BCUT2D eigenvalue weighted by molar-refractivity contribution is -0.130. The summed E-state index contributed by atoms with van der Waals surface area (Å²) in [5.74, 6) is 0.494. The summed E-state index contributed by atoms with van der Waals surface area (Å²) in [4.78, 5) is 15.6. The van der Waals surface area contributed by atoms with Gasteiger partial charge in [-0.1, -0.05) is 20.3 Å². The second kappa shape index (κ2) is 13.9. The van der Waals surface area contributed by atoms with Crippen molar-refractivity contribution in [2.45, 2.75) is 74.6 Å². The molecule has 0 atom stereocenters. The standard InChI is InChI=1S/C29H40FN3O2S2/c1-29(2,17-6-22-35-25-9-7-23(30)8-10-25)28(34)31-24-15-20-33(21-16-24)37-27-13-11-26(12-14-27)36-32-18-4-3-5-19-32/h7-14,24H,3-6,15-22H2,1-2H3,(H,31,34). The van der Waals surface area contributed by atoms with Crippen molar-refractivity contribution < 1.29 is 13.9 Å². The minimum absolute atomic E-state index is 0.113. The van der Waals surface area contributed by atoms with Gasteiger partial charge in [0.2, 0.25) is 5.91 Å². The van der Waals surface area contributed by atoms with Crippen molar-refractivity contribution in [2.24, 2.45) is 5.41 Å². The third kappa shape index (κ3) is 9.20. The Morgan fingerprint density at radius 3 is 2.08 bits per heavy atom. The van der Waals surface area contributed by atoms with E-state index in [1.165, 1.54) is 54.3 Å². The number of nitrogens with zero attached hydrogens (tertiary/aromatic N) is 2. The van der Waals surface area contributed by atoms with Crippen LogP contribution in [0.25, 0.3) is 0 Å². The molecule has 0 radical (unpaired) electrons. The van der Waals surface area contributed by atoms with E-state index in [0.29, 0.717) is 12.4 Å². The average molecular weight is 546 g/mol. The molecule has 2 aliphatic rings. The molecule has 0 spiro atoms. The Hall–Kier alpha value is -1.74. The zero-order valence-electron chi connectivity index (χ0n) is 22.1. The van der Waals surface area contributed by atoms with Crippen LogP contribution < -0.4 is 10.1 Å². The Labute approximate surface area is 230 Å². The predicted octanol–water partition coefficient (Wildman–Crippen LogP) is 6.79. The average Bonchev–Trinajstić information content (AvgIpc) is 2.90.